The van der Waals surface area contributed by atoms with Crippen LogP contribution in [0.3, 0.4) is 0 Å². The molecular formula is C27H24O4. The summed E-state index contributed by atoms with van der Waals surface area (Å²) in [5.74, 6) is -1.01. The third kappa shape index (κ3) is 7.44. The Kier molecular flexibility index (Phi) is 7.95. The largest absolute Gasteiger partial charge is 0.458 e. The van der Waals surface area contributed by atoms with Gasteiger partial charge in [-0.25, -0.2) is 9.59 Å². The molecule has 0 unspecified atom stereocenters. The summed E-state index contributed by atoms with van der Waals surface area (Å²) in [6, 6.07) is 26.5. The van der Waals surface area contributed by atoms with Crippen LogP contribution >= 0.6 is 0 Å². The molecule has 1 atom stereocenters. The van der Waals surface area contributed by atoms with Crippen molar-refractivity contribution in [1.29, 1.82) is 0 Å². The molecule has 0 radical (unpaired) electrons. The Morgan fingerprint density at radius 1 is 0.742 bits per heavy atom. The van der Waals surface area contributed by atoms with Gasteiger partial charge in [0.2, 0.25) is 0 Å². The number of hydrogen-bond acceptors (Lipinski definition) is 4. The first-order chi connectivity index (χ1) is 15.1. The van der Waals surface area contributed by atoms with Crippen LogP contribution in [0.25, 0.3) is 12.2 Å². The molecule has 4 nitrogen and oxygen atoms in total. The summed E-state index contributed by atoms with van der Waals surface area (Å²) in [5.41, 5.74) is 3.63. The van der Waals surface area contributed by atoms with Crippen molar-refractivity contribution < 1.29 is 19.1 Å². The van der Waals surface area contributed by atoms with E-state index in [1.807, 2.05) is 91.9 Å². The molecule has 0 N–H and O–H groups in total. The van der Waals surface area contributed by atoms with Crippen LogP contribution in [0.5, 0.6) is 0 Å². The van der Waals surface area contributed by atoms with Crippen molar-refractivity contribution in [2.45, 2.75) is 13.0 Å². The highest BCUT2D eigenvalue weighted by Gasteiger charge is 2.17. The zero-order valence-electron chi connectivity index (χ0n) is 17.3. The van der Waals surface area contributed by atoms with Gasteiger partial charge in [-0.05, 0) is 35.8 Å². The second-order valence-electron chi connectivity index (χ2n) is 6.95. The molecule has 0 spiro atoms. The Morgan fingerprint density at radius 3 is 1.81 bits per heavy atom. The van der Waals surface area contributed by atoms with Gasteiger partial charge in [-0.15, -0.1) is 0 Å². The van der Waals surface area contributed by atoms with Gasteiger partial charge in [-0.1, -0.05) is 90.5 Å². The molecule has 0 amide bonds. The summed E-state index contributed by atoms with van der Waals surface area (Å²) in [6.45, 7) is 1.90. The fourth-order valence-corrected chi connectivity index (χ4v) is 2.82. The van der Waals surface area contributed by atoms with Gasteiger partial charge in [0.05, 0.1) is 0 Å². The monoisotopic (exact) mass is 412 g/mol. The highest BCUT2D eigenvalue weighted by molar-refractivity contribution is 5.88. The minimum Gasteiger partial charge on any atom is -0.458 e. The van der Waals surface area contributed by atoms with E-state index in [-0.39, 0.29) is 6.61 Å². The summed E-state index contributed by atoms with van der Waals surface area (Å²) in [5, 5.41) is 0. The predicted octanol–water partition coefficient (Wildman–Crippen LogP) is 5.55. The molecule has 0 fully saturated rings. The number of carbonyl (C=O) groups is 2. The highest BCUT2D eigenvalue weighted by atomic mass is 16.6. The quantitative estimate of drug-likeness (QED) is 0.360. The van der Waals surface area contributed by atoms with Gasteiger partial charge in [-0.3, -0.25) is 0 Å². The molecule has 0 aromatic heterocycles. The summed E-state index contributed by atoms with van der Waals surface area (Å²) < 4.78 is 10.9. The van der Waals surface area contributed by atoms with Crippen molar-refractivity contribution in [2.75, 3.05) is 6.61 Å². The maximum Gasteiger partial charge on any atom is 0.331 e. The molecule has 3 rings (SSSR count). The molecule has 0 aliphatic heterocycles. The third-order valence-corrected chi connectivity index (χ3v) is 4.51. The summed E-state index contributed by atoms with van der Waals surface area (Å²) in [4.78, 5) is 24.5. The van der Waals surface area contributed by atoms with E-state index in [1.54, 1.807) is 12.2 Å². The smallest absolute Gasteiger partial charge is 0.331 e. The van der Waals surface area contributed by atoms with Crippen molar-refractivity contribution in [2.24, 2.45) is 0 Å². The van der Waals surface area contributed by atoms with Crippen LogP contribution in [0, 0.1) is 6.92 Å². The number of esters is 2. The molecule has 0 saturated heterocycles. The minimum absolute atomic E-state index is 0.0774. The van der Waals surface area contributed by atoms with Gasteiger partial charge >= 0.3 is 11.9 Å². The number of carbonyl (C=O) groups excluding carboxylic acids is 2. The van der Waals surface area contributed by atoms with Crippen LogP contribution in [0.2, 0.25) is 0 Å². The van der Waals surface area contributed by atoms with Crippen LogP contribution < -0.4 is 0 Å². The number of aryl methyl sites for hydroxylation is 1. The molecule has 0 bridgehead atoms. The first-order valence-corrected chi connectivity index (χ1v) is 10.0. The van der Waals surface area contributed by atoms with Crippen LogP contribution in [0.4, 0.5) is 0 Å². The van der Waals surface area contributed by atoms with Crippen molar-refractivity contribution in [3.05, 3.63) is 119 Å². The second-order valence-corrected chi connectivity index (χ2v) is 6.95. The summed E-state index contributed by atoms with van der Waals surface area (Å²) >= 11 is 0. The van der Waals surface area contributed by atoms with Crippen LogP contribution in [-0.4, -0.2) is 18.5 Å². The van der Waals surface area contributed by atoms with E-state index < -0.39 is 18.0 Å². The molecule has 4 heteroatoms. The SMILES string of the molecule is Cc1ccc([C@@H](COC(=O)/C=C/c2ccccc2)OC(=O)/C=C/c2ccccc2)cc1. The fourth-order valence-electron chi connectivity index (χ4n) is 2.82. The summed E-state index contributed by atoms with van der Waals surface area (Å²) in [7, 11) is 0. The molecular weight excluding hydrogens is 388 g/mol. The Morgan fingerprint density at radius 2 is 1.26 bits per heavy atom. The Bertz CT molecular complexity index is 1040. The van der Waals surface area contributed by atoms with Crippen molar-refractivity contribution in [3.63, 3.8) is 0 Å². The lowest BCUT2D eigenvalue weighted by molar-refractivity contribution is -0.153. The Hall–Kier alpha value is -3.92. The zero-order chi connectivity index (χ0) is 21.9. The van der Waals surface area contributed by atoms with Crippen LogP contribution in [0.1, 0.15) is 28.4 Å². The van der Waals surface area contributed by atoms with Gasteiger partial charge in [0, 0.05) is 12.2 Å². The number of rotatable bonds is 8. The first-order valence-electron chi connectivity index (χ1n) is 10.0. The number of benzene rings is 3. The lowest BCUT2D eigenvalue weighted by Gasteiger charge is -2.17. The molecule has 3 aromatic rings. The Balaban J connectivity index is 1.64. The van der Waals surface area contributed by atoms with E-state index >= 15 is 0 Å². The maximum atomic E-state index is 12.4. The predicted molar refractivity (Wildman–Crippen MR) is 122 cm³/mol. The molecule has 0 saturated carbocycles. The van der Waals surface area contributed by atoms with Crippen molar-refractivity contribution in [3.8, 4) is 0 Å². The second kappa shape index (κ2) is 11.3. The molecule has 31 heavy (non-hydrogen) atoms. The van der Waals surface area contributed by atoms with E-state index in [1.165, 1.54) is 12.2 Å². The average molecular weight is 412 g/mol. The van der Waals surface area contributed by atoms with E-state index in [0.29, 0.717) is 0 Å². The third-order valence-electron chi connectivity index (χ3n) is 4.51. The topological polar surface area (TPSA) is 52.6 Å². The van der Waals surface area contributed by atoms with E-state index in [0.717, 1.165) is 22.3 Å². The van der Waals surface area contributed by atoms with Crippen molar-refractivity contribution in [1.82, 2.24) is 0 Å². The van der Waals surface area contributed by atoms with Crippen LogP contribution in [-0.2, 0) is 19.1 Å². The van der Waals surface area contributed by atoms with E-state index in [9.17, 15) is 9.59 Å². The van der Waals surface area contributed by atoms with Crippen molar-refractivity contribution >= 4 is 24.1 Å². The van der Waals surface area contributed by atoms with Gasteiger partial charge in [0.15, 0.2) is 6.10 Å². The molecule has 0 aliphatic rings. The van der Waals surface area contributed by atoms with Gasteiger partial charge < -0.3 is 9.47 Å². The van der Waals surface area contributed by atoms with E-state index in [4.69, 9.17) is 9.47 Å². The number of hydrogen-bond donors (Lipinski definition) is 0. The normalized spacial score (nSPS) is 12.0. The van der Waals surface area contributed by atoms with Crippen LogP contribution in [0.15, 0.2) is 97.1 Å². The first kappa shape index (κ1) is 21.8. The lowest BCUT2D eigenvalue weighted by atomic mass is 10.1. The fraction of sp³-hybridized carbons (Fsp3) is 0.111. The number of ether oxygens (including phenoxy) is 2. The van der Waals surface area contributed by atoms with Gasteiger partial charge in [0.25, 0.3) is 0 Å². The Labute approximate surface area is 182 Å². The molecule has 3 aromatic carbocycles. The minimum atomic E-state index is -0.706. The van der Waals surface area contributed by atoms with Gasteiger partial charge in [0.1, 0.15) is 6.61 Å². The highest BCUT2D eigenvalue weighted by Crippen LogP contribution is 2.20. The lowest BCUT2D eigenvalue weighted by Crippen LogP contribution is -2.17. The molecule has 0 heterocycles. The standard InChI is InChI=1S/C27H24O4/c1-21-12-16-24(17-13-21)25(31-27(29)19-15-23-10-6-3-7-11-23)20-30-26(28)18-14-22-8-4-2-5-9-22/h2-19,25H,20H2,1H3/b18-14+,19-15+/t25-/m1/s1. The average Bonchev–Trinajstić information content (AvgIpc) is 2.81. The zero-order valence-corrected chi connectivity index (χ0v) is 17.3. The molecule has 156 valence electrons. The maximum absolute atomic E-state index is 12.4. The van der Waals surface area contributed by atoms with E-state index in [2.05, 4.69) is 0 Å². The van der Waals surface area contributed by atoms with Gasteiger partial charge in [-0.2, -0.15) is 0 Å². The summed E-state index contributed by atoms with van der Waals surface area (Å²) in [6.07, 6.45) is 5.38. The molecule has 0 aliphatic carbocycles.